The number of nitrogens with zero attached hydrogens (tertiary/aromatic N) is 2. The lowest BCUT2D eigenvalue weighted by atomic mass is 9.95. The van der Waals surface area contributed by atoms with Crippen LogP contribution in [-0.2, 0) is 26.2 Å². The van der Waals surface area contributed by atoms with Crippen LogP contribution in [0.25, 0.3) is 0 Å². The van der Waals surface area contributed by atoms with Gasteiger partial charge in [0.25, 0.3) is 10.0 Å². The van der Waals surface area contributed by atoms with Crippen LogP contribution in [0.4, 0.5) is 10.1 Å². The van der Waals surface area contributed by atoms with Crippen molar-refractivity contribution >= 4 is 27.5 Å². The number of halogens is 1. The number of rotatable bonds is 10. The van der Waals surface area contributed by atoms with Gasteiger partial charge in [-0.25, -0.2) is 12.8 Å². The van der Waals surface area contributed by atoms with Crippen molar-refractivity contribution < 1.29 is 22.4 Å². The van der Waals surface area contributed by atoms with Crippen LogP contribution in [0.15, 0.2) is 77.7 Å². The maximum absolute atomic E-state index is 14.1. The van der Waals surface area contributed by atoms with Gasteiger partial charge in [0.1, 0.15) is 18.4 Å². The Hall–Kier alpha value is -3.72. The molecule has 3 aromatic carbocycles. The smallest absolute Gasteiger partial charge is 0.264 e. The second kappa shape index (κ2) is 13.3. The van der Waals surface area contributed by atoms with Crippen molar-refractivity contribution in [3.05, 3.63) is 95.3 Å². The first-order valence-corrected chi connectivity index (χ1v) is 15.5. The van der Waals surface area contributed by atoms with E-state index in [1.54, 1.807) is 31.2 Å². The summed E-state index contributed by atoms with van der Waals surface area (Å²) in [6.07, 6.45) is 5.07. The number of sulfonamides is 1. The molecule has 0 heterocycles. The Morgan fingerprint density at radius 2 is 1.56 bits per heavy atom. The molecule has 0 spiro atoms. The SMILES string of the molecule is Cc1ccc(N(CC(=O)N(Cc2ccccc2C)C(C)C(=O)NC2CCCCC2)S(=O)(=O)c2ccc(F)cc2)cc1. The molecule has 1 unspecified atom stereocenters. The highest BCUT2D eigenvalue weighted by molar-refractivity contribution is 7.92. The van der Waals surface area contributed by atoms with Crippen LogP contribution in [0.2, 0.25) is 0 Å². The minimum absolute atomic E-state index is 0.0667. The predicted octanol–water partition coefficient (Wildman–Crippen LogP) is 5.50. The van der Waals surface area contributed by atoms with E-state index in [9.17, 15) is 22.4 Å². The third-order valence-electron chi connectivity index (χ3n) is 7.72. The minimum Gasteiger partial charge on any atom is -0.352 e. The summed E-state index contributed by atoms with van der Waals surface area (Å²) in [5.74, 6) is -1.35. The van der Waals surface area contributed by atoms with E-state index < -0.39 is 34.3 Å². The summed E-state index contributed by atoms with van der Waals surface area (Å²) < 4.78 is 42.3. The van der Waals surface area contributed by atoms with Gasteiger partial charge in [-0.2, -0.15) is 0 Å². The van der Waals surface area contributed by atoms with Gasteiger partial charge in [0.2, 0.25) is 11.8 Å². The van der Waals surface area contributed by atoms with Crippen LogP contribution in [0.1, 0.15) is 55.7 Å². The number of aryl methyl sites for hydroxylation is 2. The molecule has 0 aromatic heterocycles. The number of amides is 2. The predicted molar refractivity (Wildman–Crippen MR) is 158 cm³/mol. The monoisotopic (exact) mass is 579 g/mol. The molecular formula is C32H38FN3O4S. The molecule has 4 rings (SSSR count). The second-order valence-electron chi connectivity index (χ2n) is 10.8. The molecule has 0 radical (unpaired) electrons. The summed E-state index contributed by atoms with van der Waals surface area (Å²) >= 11 is 0. The van der Waals surface area contributed by atoms with Crippen molar-refractivity contribution in [1.82, 2.24) is 10.2 Å². The molecule has 1 N–H and O–H groups in total. The third kappa shape index (κ3) is 7.52. The molecule has 1 fully saturated rings. The average molecular weight is 580 g/mol. The van der Waals surface area contributed by atoms with Crippen LogP contribution < -0.4 is 9.62 Å². The zero-order valence-corrected chi connectivity index (χ0v) is 24.7. The lowest BCUT2D eigenvalue weighted by Gasteiger charge is -2.33. The summed E-state index contributed by atoms with van der Waals surface area (Å²) in [4.78, 5) is 28.8. The summed E-state index contributed by atoms with van der Waals surface area (Å²) in [5.41, 5.74) is 3.04. The molecule has 1 aliphatic carbocycles. The van der Waals surface area contributed by atoms with Crippen molar-refractivity contribution in [2.24, 2.45) is 0 Å². The van der Waals surface area contributed by atoms with Gasteiger partial charge >= 0.3 is 0 Å². The molecule has 2 amide bonds. The molecular weight excluding hydrogens is 541 g/mol. The Morgan fingerprint density at radius 3 is 2.20 bits per heavy atom. The first-order valence-electron chi connectivity index (χ1n) is 14.1. The zero-order valence-electron chi connectivity index (χ0n) is 23.8. The number of anilines is 1. The van der Waals surface area contributed by atoms with Gasteiger partial charge in [-0.3, -0.25) is 13.9 Å². The van der Waals surface area contributed by atoms with Gasteiger partial charge in [0, 0.05) is 12.6 Å². The van der Waals surface area contributed by atoms with E-state index in [1.165, 1.54) is 17.0 Å². The number of benzene rings is 3. The fourth-order valence-corrected chi connectivity index (χ4v) is 6.51. The third-order valence-corrected chi connectivity index (χ3v) is 9.51. The summed E-state index contributed by atoms with van der Waals surface area (Å²) in [7, 11) is -4.24. The number of nitrogens with one attached hydrogen (secondary N) is 1. The van der Waals surface area contributed by atoms with E-state index in [-0.39, 0.29) is 23.4 Å². The lowest BCUT2D eigenvalue weighted by molar-refractivity contribution is -0.139. The van der Waals surface area contributed by atoms with Crippen LogP contribution in [0.5, 0.6) is 0 Å². The quantitative estimate of drug-likeness (QED) is 0.344. The molecule has 1 aliphatic rings. The van der Waals surface area contributed by atoms with E-state index in [4.69, 9.17) is 0 Å². The molecule has 0 bridgehead atoms. The molecule has 41 heavy (non-hydrogen) atoms. The van der Waals surface area contributed by atoms with E-state index in [0.717, 1.165) is 65.2 Å². The number of carbonyl (C=O) groups is 2. The average Bonchev–Trinajstić information content (AvgIpc) is 2.96. The standard InChI is InChI=1S/C32H38FN3O4S/c1-23-13-17-29(18-14-23)36(41(39,40)30-19-15-27(33)16-20-30)22-31(37)35(21-26-10-8-7-9-24(26)2)25(3)32(38)34-28-11-5-4-6-12-28/h7-10,13-20,25,28H,4-6,11-12,21-22H2,1-3H3,(H,34,38). The lowest BCUT2D eigenvalue weighted by Crippen LogP contribution is -2.53. The van der Waals surface area contributed by atoms with E-state index in [1.807, 2.05) is 38.1 Å². The van der Waals surface area contributed by atoms with E-state index in [0.29, 0.717) is 5.69 Å². The van der Waals surface area contributed by atoms with Gasteiger partial charge in [-0.05, 0) is 81.1 Å². The normalized spacial score (nSPS) is 14.7. The van der Waals surface area contributed by atoms with Crippen molar-refractivity contribution in [1.29, 1.82) is 0 Å². The van der Waals surface area contributed by atoms with Crippen molar-refractivity contribution in [2.75, 3.05) is 10.8 Å². The Morgan fingerprint density at radius 1 is 0.927 bits per heavy atom. The molecule has 1 atom stereocenters. The molecule has 0 aliphatic heterocycles. The van der Waals surface area contributed by atoms with Crippen LogP contribution in [0.3, 0.4) is 0 Å². The van der Waals surface area contributed by atoms with Gasteiger partial charge < -0.3 is 10.2 Å². The summed E-state index contributed by atoms with van der Waals surface area (Å²) in [5, 5.41) is 3.11. The van der Waals surface area contributed by atoms with Crippen molar-refractivity contribution in [2.45, 2.75) is 76.4 Å². The highest BCUT2D eigenvalue weighted by Gasteiger charge is 2.33. The molecule has 9 heteroatoms. The van der Waals surface area contributed by atoms with Crippen LogP contribution in [-0.4, -0.2) is 43.8 Å². The Bertz CT molecular complexity index is 1450. The Kier molecular flexibility index (Phi) is 9.81. The molecule has 3 aromatic rings. The van der Waals surface area contributed by atoms with Gasteiger partial charge in [0.15, 0.2) is 0 Å². The number of hydrogen-bond donors (Lipinski definition) is 1. The summed E-state index contributed by atoms with van der Waals surface area (Å²) in [6, 6.07) is 18.1. The van der Waals surface area contributed by atoms with Crippen LogP contribution in [0, 0.1) is 19.7 Å². The highest BCUT2D eigenvalue weighted by Crippen LogP contribution is 2.26. The molecule has 218 valence electrons. The number of hydrogen-bond acceptors (Lipinski definition) is 4. The highest BCUT2D eigenvalue weighted by atomic mass is 32.2. The van der Waals surface area contributed by atoms with Gasteiger partial charge in [-0.15, -0.1) is 0 Å². The maximum Gasteiger partial charge on any atom is 0.264 e. The molecule has 7 nitrogen and oxygen atoms in total. The second-order valence-corrected chi connectivity index (χ2v) is 12.6. The van der Waals surface area contributed by atoms with Crippen molar-refractivity contribution in [3.8, 4) is 0 Å². The van der Waals surface area contributed by atoms with E-state index in [2.05, 4.69) is 5.32 Å². The van der Waals surface area contributed by atoms with Gasteiger partial charge in [0.05, 0.1) is 10.6 Å². The first-order chi connectivity index (χ1) is 19.6. The van der Waals surface area contributed by atoms with Crippen molar-refractivity contribution in [3.63, 3.8) is 0 Å². The minimum atomic E-state index is -4.24. The Balaban J connectivity index is 1.68. The number of carbonyl (C=O) groups excluding carboxylic acids is 2. The topological polar surface area (TPSA) is 86.8 Å². The summed E-state index contributed by atoms with van der Waals surface area (Å²) in [6.45, 7) is 5.10. The molecule has 1 saturated carbocycles. The first kappa shape index (κ1) is 30.2. The fourth-order valence-electron chi connectivity index (χ4n) is 5.10. The molecule has 0 saturated heterocycles. The van der Waals surface area contributed by atoms with E-state index >= 15 is 0 Å². The zero-order chi connectivity index (χ0) is 29.6. The largest absolute Gasteiger partial charge is 0.352 e. The maximum atomic E-state index is 14.1. The Labute approximate surface area is 242 Å². The van der Waals surface area contributed by atoms with Crippen LogP contribution >= 0.6 is 0 Å². The fraction of sp³-hybridized carbons (Fsp3) is 0.375. The van der Waals surface area contributed by atoms with Gasteiger partial charge in [-0.1, -0.05) is 61.2 Å².